The van der Waals surface area contributed by atoms with Crippen molar-refractivity contribution in [3.63, 3.8) is 0 Å². The quantitative estimate of drug-likeness (QED) is 0.851. The summed E-state index contributed by atoms with van der Waals surface area (Å²) in [7, 11) is 0. The second-order valence-electron chi connectivity index (χ2n) is 5.63. The third-order valence-electron chi connectivity index (χ3n) is 4.30. The van der Waals surface area contributed by atoms with Gasteiger partial charge in [-0.15, -0.1) is 11.6 Å². The van der Waals surface area contributed by atoms with Crippen molar-refractivity contribution < 1.29 is 4.74 Å². The lowest BCUT2D eigenvalue weighted by molar-refractivity contribution is 0.340. The summed E-state index contributed by atoms with van der Waals surface area (Å²) in [5.41, 5.74) is 2.50. The largest absolute Gasteiger partial charge is 0.493 e. The number of hydrogen-bond donors (Lipinski definition) is 1. The lowest BCUT2D eigenvalue weighted by Gasteiger charge is -2.28. The molecule has 0 unspecified atom stereocenters. The highest BCUT2D eigenvalue weighted by Crippen LogP contribution is 2.35. The van der Waals surface area contributed by atoms with Gasteiger partial charge >= 0.3 is 0 Å². The van der Waals surface area contributed by atoms with E-state index in [1.807, 2.05) is 12.1 Å². The molecule has 1 fully saturated rings. The molecule has 0 radical (unpaired) electrons. The molecule has 0 bridgehead atoms. The normalized spacial score (nSPS) is 20.3. The van der Waals surface area contributed by atoms with Crippen LogP contribution in [0.1, 0.15) is 36.8 Å². The number of halogens is 2. The average molecular weight is 300 g/mol. The van der Waals surface area contributed by atoms with Gasteiger partial charge in [0.25, 0.3) is 0 Å². The van der Waals surface area contributed by atoms with Crippen LogP contribution in [0.5, 0.6) is 5.75 Å². The van der Waals surface area contributed by atoms with Crippen molar-refractivity contribution in [2.24, 2.45) is 0 Å². The van der Waals surface area contributed by atoms with Crippen molar-refractivity contribution >= 4 is 23.2 Å². The van der Waals surface area contributed by atoms with Crippen LogP contribution < -0.4 is 10.1 Å². The molecule has 0 spiro atoms. The van der Waals surface area contributed by atoms with E-state index in [9.17, 15) is 0 Å². The number of ether oxygens (including phenoxy) is 1. The summed E-state index contributed by atoms with van der Waals surface area (Å²) in [4.78, 5) is 0. The average Bonchev–Trinajstić information content (AvgIpc) is 3.05. The van der Waals surface area contributed by atoms with Crippen LogP contribution >= 0.6 is 23.2 Å². The number of benzene rings is 1. The summed E-state index contributed by atoms with van der Waals surface area (Å²) in [5.74, 6) is 1.70. The first kappa shape index (κ1) is 13.5. The van der Waals surface area contributed by atoms with Crippen LogP contribution in [-0.4, -0.2) is 18.0 Å². The summed E-state index contributed by atoms with van der Waals surface area (Å²) in [6.07, 6.45) is 5.83. The Hall–Kier alpha value is -0.440. The highest BCUT2D eigenvalue weighted by Gasteiger charge is 2.32. The Bertz CT molecular complexity index is 469. The predicted molar refractivity (Wildman–Crippen MR) is 79.4 cm³/mol. The molecule has 104 valence electrons. The van der Waals surface area contributed by atoms with Crippen molar-refractivity contribution in [2.45, 2.75) is 44.2 Å². The van der Waals surface area contributed by atoms with Gasteiger partial charge in [0, 0.05) is 35.0 Å². The minimum atomic E-state index is 0.107. The number of fused-ring (bicyclic) bond motifs is 1. The maximum Gasteiger partial charge on any atom is 0.127 e. The van der Waals surface area contributed by atoms with E-state index in [1.54, 1.807) is 0 Å². The van der Waals surface area contributed by atoms with Crippen LogP contribution in [0.2, 0.25) is 5.02 Å². The molecule has 1 saturated carbocycles. The molecule has 1 aliphatic heterocycles. The van der Waals surface area contributed by atoms with Gasteiger partial charge in [-0.1, -0.05) is 24.4 Å². The van der Waals surface area contributed by atoms with Gasteiger partial charge in [-0.05, 0) is 30.5 Å². The van der Waals surface area contributed by atoms with Crippen LogP contribution in [0.25, 0.3) is 0 Å². The number of alkyl halides is 1. The van der Waals surface area contributed by atoms with Gasteiger partial charge < -0.3 is 10.1 Å². The molecule has 4 heteroatoms. The molecular formula is C15H19Cl2NO. The minimum absolute atomic E-state index is 0.107. The lowest BCUT2D eigenvalue weighted by Crippen LogP contribution is -2.43. The van der Waals surface area contributed by atoms with Crippen LogP contribution in [0, 0.1) is 0 Å². The topological polar surface area (TPSA) is 21.3 Å². The van der Waals surface area contributed by atoms with E-state index in [4.69, 9.17) is 27.9 Å². The van der Waals surface area contributed by atoms with E-state index in [1.165, 1.54) is 31.2 Å². The van der Waals surface area contributed by atoms with Crippen LogP contribution in [0.3, 0.4) is 0 Å². The molecular weight excluding hydrogens is 281 g/mol. The minimum Gasteiger partial charge on any atom is -0.493 e. The van der Waals surface area contributed by atoms with Gasteiger partial charge in [-0.25, -0.2) is 0 Å². The first-order chi connectivity index (χ1) is 9.22. The van der Waals surface area contributed by atoms with E-state index in [2.05, 4.69) is 5.32 Å². The molecule has 1 aliphatic carbocycles. The van der Waals surface area contributed by atoms with Crippen molar-refractivity contribution in [2.75, 3.05) is 12.5 Å². The van der Waals surface area contributed by atoms with Crippen LogP contribution in [-0.2, 0) is 13.0 Å². The van der Waals surface area contributed by atoms with Crippen molar-refractivity contribution in [1.29, 1.82) is 0 Å². The van der Waals surface area contributed by atoms with E-state index < -0.39 is 0 Å². The summed E-state index contributed by atoms with van der Waals surface area (Å²) in [6, 6.07) is 4.02. The number of hydrogen-bond acceptors (Lipinski definition) is 2. The Morgan fingerprint density at radius 3 is 2.79 bits per heavy atom. The highest BCUT2D eigenvalue weighted by molar-refractivity contribution is 6.30. The molecule has 1 heterocycles. The molecule has 0 atom stereocenters. The maximum absolute atomic E-state index is 6.18. The Balaban J connectivity index is 1.77. The van der Waals surface area contributed by atoms with Gasteiger partial charge in [0.1, 0.15) is 5.75 Å². The molecule has 0 saturated heterocycles. The standard InChI is InChI=1S/C15H19Cl2NO/c16-10-15(4-1-2-5-15)18-9-12-8-13(17)7-11-3-6-19-14(11)12/h7-8,18H,1-6,9-10H2. The summed E-state index contributed by atoms with van der Waals surface area (Å²) >= 11 is 12.3. The van der Waals surface area contributed by atoms with E-state index in [0.29, 0.717) is 5.88 Å². The smallest absolute Gasteiger partial charge is 0.127 e. The van der Waals surface area contributed by atoms with Crippen LogP contribution in [0.15, 0.2) is 12.1 Å². The van der Waals surface area contributed by atoms with Gasteiger partial charge in [0.05, 0.1) is 6.61 Å². The third kappa shape index (κ3) is 2.72. The molecule has 1 N–H and O–H groups in total. The predicted octanol–water partition coefficient (Wildman–Crippen LogP) is 3.92. The zero-order chi connectivity index (χ0) is 13.3. The zero-order valence-electron chi connectivity index (χ0n) is 11.0. The van der Waals surface area contributed by atoms with Gasteiger partial charge in [0.15, 0.2) is 0 Å². The third-order valence-corrected chi connectivity index (χ3v) is 5.03. The fourth-order valence-corrected chi connectivity index (χ4v) is 3.79. The van der Waals surface area contributed by atoms with E-state index in [0.717, 1.165) is 35.9 Å². The Labute approximate surface area is 124 Å². The highest BCUT2D eigenvalue weighted by atomic mass is 35.5. The van der Waals surface area contributed by atoms with Gasteiger partial charge in [-0.3, -0.25) is 0 Å². The summed E-state index contributed by atoms with van der Waals surface area (Å²) in [6.45, 7) is 1.55. The molecule has 2 aliphatic rings. The fourth-order valence-electron chi connectivity index (χ4n) is 3.17. The van der Waals surface area contributed by atoms with Crippen molar-refractivity contribution in [3.05, 3.63) is 28.3 Å². The van der Waals surface area contributed by atoms with E-state index in [-0.39, 0.29) is 5.54 Å². The second-order valence-corrected chi connectivity index (χ2v) is 6.33. The SMILES string of the molecule is ClCC1(NCc2cc(Cl)cc3c2OCC3)CCCC1. The maximum atomic E-state index is 6.18. The summed E-state index contributed by atoms with van der Waals surface area (Å²) in [5, 5.41) is 4.45. The lowest BCUT2D eigenvalue weighted by atomic mass is 9.99. The molecule has 1 aromatic carbocycles. The van der Waals surface area contributed by atoms with Crippen molar-refractivity contribution in [3.8, 4) is 5.75 Å². The second kappa shape index (κ2) is 5.51. The van der Waals surface area contributed by atoms with E-state index >= 15 is 0 Å². The Morgan fingerprint density at radius 1 is 1.26 bits per heavy atom. The first-order valence-corrected chi connectivity index (χ1v) is 7.89. The fraction of sp³-hybridized carbons (Fsp3) is 0.600. The molecule has 0 aromatic heterocycles. The monoisotopic (exact) mass is 299 g/mol. The summed E-state index contributed by atoms with van der Waals surface area (Å²) < 4.78 is 5.73. The number of nitrogens with one attached hydrogen (secondary N) is 1. The molecule has 3 rings (SSSR count). The Kier molecular flexibility index (Phi) is 3.93. The zero-order valence-corrected chi connectivity index (χ0v) is 12.5. The molecule has 0 amide bonds. The first-order valence-electron chi connectivity index (χ1n) is 6.98. The Morgan fingerprint density at radius 2 is 2.05 bits per heavy atom. The van der Waals surface area contributed by atoms with Gasteiger partial charge in [0.2, 0.25) is 0 Å². The van der Waals surface area contributed by atoms with Crippen molar-refractivity contribution in [1.82, 2.24) is 5.32 Å². The van der Waals surface area contributed by atoms with Gasteiger partial charge in [-0.2, -0.15) is 0 Å². The number of rotatable bonds is 4. The molecule has 19 heavy (non-hydrogen) atoms. The van der Waals surface area contributed by atoms with Crippen LogP contribution in [0.4, 0.5) is 0 Å². The molecule has 1 aromatic rings. The molecule has 2 nitrogen and oxygen atoms in total.